The lowest BCUT2D eigenvalue weighted by molar-refractivity contribution is -0.140. The van der Waals surface area contributed by atoms with Gasteiger partial charge in [0.2, 0.25) is 11.8 Å². The predicted octanol–water partition coefficient (Wildman–Crippen LogP) is 4.62. The summed E-state index contributed by atoms with van der Waals surface area (Å²) in [5, 5.41) is 3.59. The Morgan fingerprint density at radius 3 is 2.25 bits per heavy atom. The SMILES string of the molecule is CCNC(=O)C(CC)N(Cc1ccc(Cl)c(Cl)c1)C(=O)Cc1ccc(F)cc1. The fourth-order valence-electron chi connectivity index (χ4n) is 2.92. The quantitative estimate of drug-likeness (QED) is 0.671. The lowest BCUT2D eigenvalue weighted by Gasteiger charge is -2.30. The fourth-order valence-corrected chi connectivity index (χ4v) is 3.25. The first-order chi connectivity index (χ1) is 13.3. The average Bonchev–Trinajstić information content (AvgIpc) is 2.66. The Kier molecular flexibility index (Phi) is 8.27. The highest BCUT2D eigenvalue weighted by Gasteiger charge is 2.28. The molecule has 0 fully saturated rings. The summed E-state index contributed by atoms with van der Waals surface area (Å²) in [5.41, 5.74) is 1.45. The summed E-state index contributed by atoms with van der Waals surface area (Å²) in [6.07, 6.45) is 0.528. The number of nitrogens with zero attached hydrogens (tertiary/aromatic N) is 1. The second-order valence-electron chi connectivity index (χ2n) is 6.39. The van der Waals surface area contributed by atoms with E-state index in [4.69, 9.17) is 23.2 Å². The summed E-state index contributed by atoms with van der Waals surface area (Å²) >= 11 is 12.1. The lowest BCUT2D eigenvalue weighted by atomic mass is 10.1. The molecule has 0 saturated heterocycles. The molecule has 28 heavy (non-hydrogen) atoms. The van der Waals surface area contributed by atoms with Crippen molar-refractivity contribution >= 4 is 35.0 Å². The van der Waals surface area contributed by atoms with Crippen LogP contribution >= 0.6 is 23.2 Å². The molecule has 0 aliphatic carbocycles. The van der Waals surface area contributed by atoms with Gasteiger partial charge in [-0.05, 0) is 48.7 Å². The molecule has 0 saturated carbocycles. The van der Waals surface area contributed by atoms with Crippen molar-refractivity contribution in [3.8, 4) is 0 Å². The molecule has 2 aromatic carbocycles. The van der Waals surface area contributed by atoms with Gasteiger partial charge in [0.25, 0.3) is 0 Å². The molecule has 0 heterocycles. The van der Waals surface area contributed by atoms with Crippen LogP contribution in [-0.4, -0.2) is 29.3 Å². The Labute approximate surface area is 174 Å². The molecular weight excluding hydrogens is 402 g/mol. The van der Waals surface area contributed by atoms with Crippen molar-refractivity contribution in [1.82, 2.24) is 10.2 Å². The number of carbonyl (C=O) groups excluding carboxylic acids is 2. The van der Waals surface area contributed by atoms with Crippen molar-refractivity contribution in [2.75, 3.05) is 6.54 Å². The number of nitrogens with one attached hydrogen (secondary N) is 1. The first-order valence-electron chi connectivity index (χ1n) is 9.11. The van der Waals surface area contributed by atoms with E-state index in [1.165, 1.54) is 17.0 Å². The van der Waals surface area contributed by atoms with Gasteiger partial charge < -0.3 is 10.2 Å². The number of hydrogen-bond acceptors (Lipinski definition) is 2. The van der Waals surface area contributed by atoms with Crippen LogP contribution in [0.15, 0.2) is 42.5 Å². The molecule has 0 aliphatic heterocycles. The normalized spacial score (nSPS) is 11.8. The summed E-state index contributed by atoms with van der Waals surface area (Å²) in [7, 11) is 0. The standard InChI is InChI=1S/C21H23Cl2FN2O2/c1-3-19(21(28)25-4-2)26(13-15-7-10-17(22)18(23)11-15)20(27)12-14-5-8-16(24)9-6-14/h5-11,19H,3-4,12-13H2,1-2H3,(H,25,28). The largest absolute Gasteiger partial charge is 0.355 e. The lowest BCUT2D eigenvalue weighted by Crippen LogP contribution is -2.49. The van der Waals surface area contributed by atoms with Crippen LogP contribution in [0.3, 0.4) is 0 Å². The van der Waals surface area contributed by atoms with Crippen LogP contribution < -0.4 is 5.32 Å². The Bertz CT molecular complexity index is 828. The molecule has 0 aliphatic rings. The van der Waals surface area contributed by atoms with Crippen LogP contribution in [0.5, 0.6) is 0 Å². The molecule has 1 N–H and O–H groups in total. The van der Waals surface area contributed by atoms with Gasteiger partial charge in [0.05, 0.1) is 16.5 Å². The predicted molar refractivity (Wildman–Crippen MR) is 110 cm³/mol. The molecule has 0 bridgehead atoms. The van der Waals surface area contributed by atoms with Gasteiger partial charge in [0.15, 0.2) is 0 Å². The van der Waals surface area contributed by atoms with Crippen LogP contribution in [0.2, 0.25) is 10.0 Å². The van der Waals surface area contributed by atoms with Crippen molar-refractivity contribution in [2.45, 2.75) is 39.3 Å². The zero-order valence-electron chi connectivity index (χ0n) is 15.8. The van der Waals surface area contributed by atoms with E-state index >= 15 is 0 Å². The van der Waals surface area contributed by atoms with Crippen molar-refractivity contribution in [3.63, 3.8) is 0 Å². The molecule has 7 heteroatoms. The minimum Gasteiger partial charge on any atom is -0.355 e. The van der Waals surface area contributed by atoms with Gasteiger partial charge in [-0.15, -0.1) is 0 Å². The van der Waals surface area contributed by atoms with E-state index in [0.29, 0.717) is 28.6 Å². The van der Waals surface area contributed by atoms with E-state index in [-0.39, 0.29) is 30.6 Å². The Morgan fingerprint density at radius 2 is 1.68 bits per heavy atom. The zero-order valence-corrected chi connectivity index (χ0v) is 17.4. The van der Waals surface area contributed by atoms with Crippen molar-refractivity contribution in [3.05, 3.63) is 69.5 Å². The van der Waals surface area contributed by atoms with E-state index < -0.39 is 6.04 Å². The van der Waals surface area contributed by atoms with Crippen molar-refractivity contribution in [2.24, 2.45) is 0 Å². The molecule has 4 nitrogen and oxygen atoms in total. The molecule has 2 amide bonds. The van der Waals surface area contributed by atoms with Gasteiger partial charge in [0, 0.05) is 13.1 Å². The third-order valence-electron chi connectivity index (χ3n) is 4.34. The Morgan fingerprint density at radius 1 is 1.04 bits per heavy atom. The van der Waals surface area contributed by atoms with Crippen molar-refractivity contribution in [1.29, 1.82) is 0 Å². The number of carbonyl (C=O) groups is 2. The highest BCUT2D eigenvalue weighted by Crippen LogP contribution is 2.24. The molecule has 150 valence electrons. The van der Waals surface area contributed by atoms with Crippen LogP contribution in [0.1, 0.15) is 31.4 Å². The first kappa shape index (κ1) is 22.2. The maximum absolute atomic E-state index is 13.1. The number of amides is 2. The number of hydrogen-bond donors (Lipinski definition) is 1. The molecule has 1 unspecified atom stereocenters. The monoisotopic (exact) mass is 424 g/mol. The molecule has 0 spiro atoms. The van der Waals surface area contributed by atoms with Gasteiger partial charge in [-0.2, -0.15) is 0 Å². The second kappa shape index (κ2) is 10.4. The highest BCUT2D eigenvalue weighted by molar-refractivity contribution is 6.42. The molecule has 0 radical (unpaired) electrons. The molecule has 2 rings (SSSR count). The highest BCUT2D eigenvalue weighted by atomic mass is 35.5. The maximum Gasteiger partial charge on any atom is 0.242 e. The fraction of sp³-hybridized carbons (Fsp3) is 0.333. The van der Waals surface area contributed by atoms with Crippen LogP contribution in [0.25, 0.3) is 0 Å². The van der Waals surface area contributed by atoms with Crippen molar-refractivity contribution < 1.29 is 14.0 Å². The second-order valence-corrected chi connectivity index (χ2v) is 7.21. The van der Waals surface area contributed by atoms with Crippen LogP contribution in [-0.2, 0) is 22.6 Å². The third kappa shape index (κ3) is 5.94. The van der Waals surface area contributed by atoms with E-state index in [2.05, 4.69) is 5.32 Å². The molecule has 1 atom stereocenters. The van der Waals surface area contributed by atoms with Crippen LogP contribution in [0, 0.1) is 5.82 Å². The molecular formula is C21H23Cl2FN2O2. The van der Waals surface area contributed by atoms with E-state index in [1.54, 1.807) is 30.3 Å². The topological polar surface area (TPSA) is 49.4 Å². The number of likely N-dealkylation sites (N-methyl/N-ethyl adjacent to an activating group) is 1. The van der Waals surface area contributed by atoms with Gasteiger partial charge in [-0.1, -0.05) is 48.3 Å². The zero-order chi connectivity index (χ0) is 20.7. The maximum atomic E-state index is 13.1. The number of halogens is 3. The minimum atomic E-state index is -0.623. The molecule has 0 aromatic heterocycles. The van der Waals surface area contributed by atoms with E-state index in [9.17, 15) is 14.0 Å². The van der Waals surface area contributed by atoms with Gasteiger partial charge in [-0.25, -0.2) is 4.39 Å². The van der Waals surface area contributed by atoms with E-state index in [1.807, 2.05) is 13.8 Å². The van der Waals surface area contributed by atoms with E-state index in [0.717, 1.165) is 5.56 Å². The minimum absolute atomic E-state index is 0.0670. The summed E-state index contributed by atoms with van der Waals surface area (Å²) in [6.45, 7) is 4.37. The summed E-state index contributed by atoms with van der Waals surface area (Å²) in [6, 6.07) is 10.3. The van der Waals surface area contributed by atoms with Gasteiger partial charge in [0.1, 0.15) is 11.9 Å². The number of rotatable bonds is 8. The molecule has 2 aromatic rings. The summed E-state index contributed by atoms with van der Waals surface area (Å²) < 4.78 is 13.1. The smallest absolute Gasteiger partial charge is 0.242 e. The van der Waals surface area contributed by atoms with Gasteiger partial charge in [-0.3, -0.25) is 9.59 Å². The number of benzene rings is 2. The third-order valence-corrected chi connectivity index (χ3v) is 5.08. The Balaban J connectivity index is 2.30. The summed E-state index contributed by atoms with van der Waals surface area (Å²) in [4.78, 5) is 27.1. The summed E-state index contributed by atoms with van der Waals surface area (Å²) in [5.74, 6) is -0.800. The van der Waals surface area contributed by atoms with Crippen LogP contribution in [0.4, 0.5) is 4.39 Å². The Hall–Kier alpha value is -2.11. The van der Waals surface area contributed by atoms with Gasteiger partial charge >= 0.3 is 0 Å². The first-order valence-corrected chi connectivity index (χ1v) is 9.86. The average molecular weight is 425 g/mol.